The Bertz CT molecular complexity index is 664. The van der Waals surface area contributed by atoms with Crippen molar-refractivity contribution < 1.29 is 9.53 Å². The molecule has 120 valence electrons. The lowest BCUT2D eigenvalue weighted by Crippen LogP contribution is -2.15. The summed E-state index contributed by atoms with van der Waals surface area (Å²) in [6.07, 6.45) is 10.5. The molecule has 23 heavy (non-hydrogen) atoms. The number of allylic oxidation sites excluding steroid dienone is 3. The van der Waals surface area contributed by atoms with Crippen LogP contribution in [-0.2, 0) is 9.53 Å². The quantitative estimate of drug-likeness (QED) is 0.411. The Morgan fingerprint density at radius 3 is 2.65 bits per heavy atom. The summed E-state index contributed by atoms with van der Waals surface area (Å²) >= 11 is 0. The molecule has 0 amide bonds. The minimum Gasteiger partial charge on any atom is -0.454 e. The van der Waals surface area contributed by atoms with Crippen LogP contribution >= 0.6 is 0 Å². The summed E-state index contributed by atoms with van der Waals surface area (Å²) in [4.78, 5) is 12.4. The molecule has 2 atom stereocenters. The Labute approximate surface area is 138 Å². The minimum atomic E-state index is -0.159. The Hall–Kier alpha value is -2.09. The highest BCUT2D eigenvalue weighted by Gasteiger charge is 2.38. The molecule has 0 unspecified atom stereocenters. The minimum absolute atomic E-state index is 0.108. The van der Waals surface area contributed by atoms with Crippen LogP contribution in [0, 0.1) is 5.92 Å². The molecular formula is C21H24O2. The molecule has 1 heterocycles. The first-order chi connectivity index (χ1) is 11.1. The topological polar surface area (TPSA) is 26.3 Å². The van der Waals surface area contributed by atoms with Gasteiger partial charge in [-0.25, -0.2) is 4.79 Å². The van der Waals surface area contributed by atoms with Gasteiger partial charge in [0.05, 0.1) is 0 Å². The smallest absolute Gasteiger partial charge is 0.335 e. The summed E-state index contributed by atoms with van der Waals surface area (Å²) in [6.45, 7) is 4.32. The van der Waals surface area contributed by atoms with Crippen LogP contribution in [0.2, 0.25) is 0 Å². The van der Waals surface area contributed by atoms with Crippen LogP contribution in [0.15, 0.2) is 59.2 Å². The highest BCUT2D eigenvalue weighted by molar-refractivity contribution is 5.96. The zero-order chi connectivity index (χ0) is 16.2. The van der Waals surface area contributed by atoms with Gasteiger partial charge in [0.2, 0.25) is 0 Å². The van der Waals surface area contributed by atoms with E-state index in [-0.39, 0.29) is 18.0 Å². The van der Waals surface area contributed by atoms with Crippen LogP contribution in [-0.4, -0.2) is 12.1 Å². The summed E-state index contributed by atoms with van der Waals surface area (Å²) in [6, 6.07) is 10.0. The van der Waals surface area contributed by atoms with Gasteiger partial charge in [-0.1, -0.05) is 47.6 Å². The van der Waals surface area contributed by atoms with E-state index >= 15 is 0 Å². The monoisotopic (exact) mass is 308 g/mol. The van der Waals surface area contributed by atoms with Crippen LogP contribution in [0.25, 0.3) is 6.08 Å². The second-order valence-corrected chi connectivity index (χ2v) is 6.63. The maximum Gasteiger partial charge on any atom is 0.335 e. The summed E-state index contributed by atoms with van der Waals surface area (Å²) < 4.78 is 5.68. The fourth-order valence-electron chi connectivity index (χ4n) is 3.36. The van der Waals surface area contributed by atoms with E-state index in [0.717, 1.165) is 36.8 Å². The van der Waals surface area contributed by atoms with E-state index < -0.39 is 0 Å². The Morgan fingerprint density at radius 2 is 1.87 bits per heavy atom. The van der Waals surface area contributed by atoms with Gasteiger partial charge >= 0.3 is 5.97 Å². The lowest BCUT2D eigenvalue weighted by atomic mass is 9.86. The van der Waals surface area contributed by atoms with E-state index in [9.17, 15) is 4.79 Å². The van der Waals surface area contributed by atoms with Crippen molar-refractivity contribution in [2.24, 2.45) is 5.92 Å². The molecule has 1 fully saturated rings. The lowest BCUT2D eigenvalue weighted by Gasteiger charge is -2.17. The molecule has 0 aromatic heterocycles. The zero-order valence-electron chi connectivity index (χ0n) is 13.9. The molecule has 0 N–H and O–H groups in total. The van der Waals surface area contributed by atoms with Crippen molar-refractivity contribution in [2.45, 2.75) is 45.6 Å². The van der Waals surface area contributed by atoms with E-state index in [4.69, 9.17) is 4.74 Å². The van der Waals surface area contributed by atoms with Crippen molar-refractivity contribution in [1.82, 2.24) is 0 Å². The van der Waals surface area contributed by atoms with Crippen LogP contribution in [0.4, 0.5) is 0 Å². The van der Waals surface area contributed by atoms with E-state index in [1.165, 1.54) is 11.1 Å². The Kier molecular flexibility index (Phi) is 4.80. The van der Waals surface area contributed by atoms with E-state index in [2.05, 4.69) is 26.0 Å². The third kappa shape index (κ3) is 3.82. The number of carbonyl (C=O) groups excluding carboxylic acids is 1. The zero-order valence-corrected chi connectivity index (χ0v) is 13.9. The Morgan fingerprint density at radius 1 is 1.09 bits per heavy atom. The van der Waals surface area contributed by atoms with Crippen molar-refractivity contribution in [2.75, 3.05) is 0 Å². The Balaban J connectivity index is 1.94. The van der Waals surface area contributed by atoms with Crippen molar-refractivity contribution >= 4 is 12.0 Å². The standard InChI is InChI=1S/C21H24O2/c1-15-7-6-8-16(2)13-20-18(12-11-15)19(21(22)23-20)14-17-9-4-3-5-10-17/h3-5,7,9-10,13-14,18,20H,6,8,11-12H2,1-2H3/b15-7-,16-13-,19-14+/t18-,20-/m1/s1. The van der Waals surface area contributed by atoms with Gasteiger partial charge in [0.25, 0.3) is 0 Å². The van der Waals surface area contributed by atoms with Crippen molar-refractivity contribution in [3.63, 3.8) is 0 Å². The predicted molar refractivity (Wildman–Crippen MR) is 93.8 cm³/mol. The number of hydrogen-bond acceptors (Lipinski definition) is 2. The average Bonchev–Trinajstić information content (AvgIpc) is 2.81. The number of rotatable bonds is 1. The lowest BCUT2D eigenvalue weighted by molar-refractivity contribution is -0.137. The number of hydrogen-bond donors (Lipinski definition) is 0. The molecule has 0 bridgehead atoms. The number of fused-ring (bicyclic) bond motifs is 1. The number of esters is 1. The summed E-state index contributed by atoms with van der Waals surface area (Å²) in [5.74, 6) is -0.00658. The highest BCUT2D eigenvalue weighted by Crippen LogP contribution is 2.36. The normalized spacial score (nSPS) is 31.6. The van der Waals surface area contributed by atoms with Gasteiger partial charge in [0.15, 0.2) is 0 Å². The molecule has 2 nitrogen and oxygen atoms in total. The van der Waals surface area contributed by atoms with Gasteiger partial charge in [-0.2, -0.15) is 0 Å². The molecule has 1 saturated heterocycles. The van der Waals surface area contributed by atoms with E-state index in [1.54, 1.807) is 0 Å². The second kappa shape index (κ2) is 6.99. The van der Waals surface area contributed by atoms with Crippen molar-refractivity contribution in [3.05, 3.63) is 64.8 Å². The summed E-state index contributed by atoms with van der Waals surface area (Å²) in [7, 11) is 0. The van der Waals surface area contributed by atoms with Crippen molar-refractivity contribution in [1.29, 1.82) is 0 Å². The molecule has 0 spiro atoms. The third-order valence-corrected chi connectivity index (χ3v) is 4.73. The van der Waals surface area contributed by atoms with E-state index in [0.29, 0.717) is 0 Å². The summed E-state index contributed by atoms with van der Waals surface area (Å²) in [5, 5.41) is 0. The highest BCUT2D eigenvalue weighted by atomic mass is 16.5. The molecule has 0 saturated carbocycles. The van der Waals surface area contributed by atoms with Crippen LogP contribution in [0.5, 0.6) is 0 Å². The average molecular weight is 308 g/mol. The predicted octanol–water partition coefficient (Wildman–Crippen LogP) is 5.08. The van der Waals surface area contributed by atoms with E-state index in [1.807, 2.05) is 36.4 Å². The first-order valence-electron chi connectivity index (χ1n) is 8.44. The van der Waals surface area contributed by atoms with Gasteiger partial charge < -0.3 is 4.74 Å². The number of carbonyl (C=O) groups is 1. The van der Waals surface area contributed by atoms with Crippen molar-refractivity contribution in [3.8, 4) is 0 Å². The molecule has 1 aromatic carbocycles. The molecule has 2 aliphatic rings. The number of benzene rings is 1. The maximum absolute atomic E-state index is 12.4. The molecule has 1 aliphatic carbocycles. The molecule has 1 aromatic rings. The van der Waals surface area contributed by atoms with Gasteiger partial charge in [-0.15, -0.1) is 0 Å². The van der Waals surface area contributed by atoms with Crippen LogP contribution in [0.3, 0.4) is 0 Å². The molecule has 2 heteroatoms. The molecule has 3 rings (SSSR count). The first-order valence-corrected chi connectivity index (χ1v) is 8.44. The molecular weight excluding hydrogens is 284 g/mol. The summed E-state index contributed by atoms with van der Waals surface area (Å²) in [5.41, 5.74) is 4.60. The maximum atomic E-state index is 12.4. The van der Waals surface area contributed by atoms with Gasteiger partial charge in [0, 0.05) is 11.5 Å². The van der Waals surface area contributed by atoms with Crippen LogP contribution < -0.4 is 0 Å². The van der Waals surface area contributed by atoms with Gasteiger partial charge in [-0.3, -0.25) is 0 Å². The van der Waals surface area contributed by atoms with Gasteiger partial charge in [-0.05, 0) is 57.2 Å². The first kappa shape index (κ1) is 15.8. The number of ether oxygens (including phenoxy) is 1. The largest absolute Gasteiger partial charge is 0.454 e. The van der Waals surface area contributed by atoms with Gasteiger partial charge in [0.1, 0.15) is 6.10 Å². The third-order valence-electron chi connectivity index (χ3n) is 4.73. The molecule has 1 aliphatic heterocycles. The van der Waals surface area contributed by atoms with Crippen LogP contribution in [0.1, 0.15) is 45.1 Å². The SMILES string of the molecule is C/C1=C/[C@H]2OC(=O)/C(=C/c3ccccc3)[C@H]2CC/C(C)=C\CC1. The fourth-order valence-corrected chi connectivity index (χ4v) is 3.36. The molecule has 0 radical (unpaired) electrons. The fraction of sp³-hybridized carbons (Fsp3) is 0.381. The second-order valence-electron chi connectivity index (χ2n) is 6.63.